The predicted molar refractivity (Wildman–Crippen MR) is 74.1 cm³/mol. The molecule has 0 saturated heterocycles. The molecule has 1 unspecified atom stereocenters. The maximum Gasteiger partial charge on any atom is 0.411 e. The third-order valence-electron chi connectivity index (χ3n) is 2.77. The SMILES string of the molecule is CCCNC(COCC(F)(F)F)Cc1cccc(F)c1Cl. The Hall–Kier alpha value is -0.850. The van der Waals surface area contributed by atoms with E-state index >= 15 is 0 Å². The number of halogens is 5. The van der Waals surface area contributed by atoms with Crippen LogP contribution in [0, 0.1) is 5.82 Å². The van der Waals surface area contributed by atoms with Crippen molar-refractivity contribution in [2.45, 2.75) is 32.0 Å². The van der Waals surface area contributed by atoms with E-state index in [9.17, 15) is 17.6 Å². The molecule has 0 radical (unpaired) electrons. The molecule has 0 aliphatic heterocycles. The van der Waals surface area contributed by atoms with Crippen molar-refractivity contribution in [3.8, 4) is 0 Å². The van der Waals surface area contributed by atoms with E-state index in [1.165, 1.54) is 12.1 Å². The summed E-state index contributed by atoms with van der Waals surface area (Å²) in [6.07, 6.45) is -3.23. The van der Waals surface area contributed by atoms with Gasteiger partial charge in [-0.05, 0) is 31.0 Å². The Kier molecular flexibility index (Phi) is 7.42. The van der Waals surface area contributed by atoms with Gasteiger partial charge in [0.2, 0.25) is 0 Å². The number of benzene rings is 1. The Bertz CT molecular complexity index is 439. The summed E-state index contributed by atoms with van der Waals surface area (Å²) in [5, 5.41) is 3.07. The fraction of sp³-hybridized carbons (Fsp3) is 0.571. The summed E-state index contributed by atoms with van der Waals surface area (Å²) in [7, 11) is 0. The van der Waals surface area contributed by atoms with Gasteiger partial charge in [-0.2, -0.15) is 13.2 Å². The summed E-state index contributed by atoms with van der Waals surface area (Å²) in [5.74, 6) is -0.542. The molecule has 0 aliphatic rings. The molecule has 0 spiro atoms. The van der Waals surface area contributed by atoms with Gasteiger partial charge in [-0.15, -0.1) is 0 Å². The van der Waals surface area contributed by atoms with Crippen LogP contribution >= 0.6 is 11.6 Å². The van der Waals surface area contributed by atoms with Crippen LogP contribution < -0.4 is 5.32 Å². The van der Waals surface area contributed by atoms with Crippen molar-refractivity contribution in [1.29, 1.82) is 0 Å². The Morgan fingerprint density at radius 2 is 2.05 bits per heavy atom. The summed E-state index contributed by atoms with van der Waals surface area (Å²) < 4.78 is 54.3. The Balaban J connectivity index is 2.62. The standard InChI is InChI=1S/C14H18ClF4NO/c1-2-6-20-11(8-21-9-14(17,18)19)7-10-4-3-5-12(16)13(10)15/h3-5,11,20H,2,6-9H2,1H3. The fourth-order valence-corrected chi connectivity index (χ4v) is 2.03. The summed E-state index contributed by atoms with van der Waals surface area (Å²) in [4.78, 5) is 0. The van der Waals surface area contributed by atoms with Crippen LogP contribution in [0.4, 0.5) is 17.6 Å². The normalized spacial score (nSPS) is 13.4. The molecule has 0 heterocycles. The largest absolute Gasteiger partial charge is 0.411 e. The second kappa shape index (κ2) is 8.56. The third kappa shape index (κ3) is 7.11. The van der Waals surface area contributed by atoms with E-state index in [-0.39, 0.29) is 17.7 Å². The van der Waals surface area contributed by atoms with Crippen molar-refractivity contribution in [2.75, 3.05) is 19.8 Å². The van der Waals surface area contributed by atoms with Gasteiger partial charge in [0.15, 0.2) is 0 Å². The van der Waals surface area contributed by atoms with Crippen molar-refractivity contribution in [3.63, 3.8) is 0 Å². The maximum atomic E-state index is 13.4. The first kappa shape index (κ1) is 18.2. The first-order valence-electron chi connectivity index (χ1n) is 6.64. The van der Waals surface area contributed by atoms with Gasteiger partial charge in [0.1, 0.15) is 12.4 Å². The van der Waals surface area contributed by atoms with Crippen LogP contribution in [0.2, 0.25) is 5.02 Å². The highest BCUT2D eigenvalue weighted by molar-refractivity contribution is 6.31. The van der Waals surface area contributed by atoms with Gasteiger partial charge >= 0.3 is 6.18 Å². The highest BCUT2D eigenvalue weighted by Crippen LogP contribution is 2.21. The summed E-state index contributed by atoms with van der Waals surface area (Å²) in [6.45, 7) is 1.16. The lowest BCUT2D eigenvalue weighted by molar-refractivity contribution is -0.175. The molecule has 7 heteroatoms. The molecule has 0 saturated carbocycles. The van der Waals surface area contributed by atoms with Crippen molar-refractivity contribution in [3.05, 3.63) is 34.6 Å². The van der Waals surface area contributed by atoms with Crippen LogP contribution in [0.3, 0.4) is 0 Å². The first-order valence-corrected chi connectivity index (χ1v) is 7.02. The summed E-state index contributed by atoms with van der Waals surface area (Å²) in [6, 6.07) is 4.05. The fourth-order valence-electron chi connectivity index (χ4n) is 1.83. The Morgan fingerprint density at radius 1 is 1.33 bits per heavy atom. The van der Waals surface area contributed by atoms with E-state index < -0.39 is 18.6 Å². The first-order chi connectivity index (χ1) is 9.83. The molecule has 1 N–H and O–H groups in total. The van der Waals surface area contributed by atoms with Gasteiger partial charge in [-0.25, -0.2) is 4.39 Å². The number of nitrogens with one attached hydrogen (secondary N) is 1. The second-order valence-electron chi connectivity index (χ2n) is 4.70. The number of rotatable bonds is 8. The van der Waals surface area contributed by atoms with E-state index in [2.05, 4.69) is 10.1 Å². The molecule has 0 aliphatic carbocycles. The van der Waals surface area contributed by atoms with Crippen molar-refractivity contribution in [2.24, 2.45) is 0 Å². The van der Waals surface area contributed by atoms with Gasteiger partial charge in [-0.3, -0.25) is 0 Å². The van der Waals surface area contributed by atoms with Gasteiger partial charge < -0.3 is 10.1 Å². The molecule has 1 rings (SSSR count). The average molecular weight is 328 g/mol. The molecule has 21 heavy (non-hydrogen) atoms. The minimum Gasteiger partial charge on any atom is -0.370 e. The summed E-state index contributed by atoms with van der Waals surface area (Å²) in [5.41, 5.74) is 0.542. The van der Waals surface area contributed by atoms with Crippen molar-refractivity contribution < 1.29 is 22.3 Å². The van der Waals surface area contributed by atoms with Crippen LogP contribution in [-0.2, 0) is 11.2 Å². The van der Waals surface area contributed by atoms with Crippen LogP contribution in [0.1, 0.15) is 18.9 Å². The highest BCUT2D eigenvalue weighted by Gasteiger charge is 2.28. The average Bonchev–Trinajstić information content (AvgIpc) is 2.39. The molecule has 0 aromatic heterocycles. The molecule has 1 atom stereocenters. The van der Waals surface area contributed by atoms with Crippen LogP contribution in [0.15, 0.2) is 18.2 Å². The highest BCUT2D eigenvalue weighted by atomic mass is 35.5. The van der Waals surface area contributed by atoms with E-state index in [4.69, 9.17) is 11.6 Å². The van der Waals surface area contributed by atoms with Gasteiger partial charge in [0, 0.05) is 6.04 Å². The minimum absolute atomic E-state index is 0.00313. The van der Waals surface area contributed by atoms with Gasteiger partial charge in [0.25, 0.3) is 0 Å². The monoisotopic (exact) mass is 327 g/mol. The molecule has 120 valence electrons. The van der Waals surface area contributed by atoms with Gasteiger partial charge in [-0.1, -0.05) is 30.7 Å². The molecule has 1 aromatic rings. The zero-order valence-corrected chi connectivity index (χ0v) is 12.4. The Morgan fingerprint density at radius 3 is 2.67 bits per heavy atom. The predicted octanol–water partition coefficient (Wildman–Crippen LogP) is 3.97. The lowest BCUT2D eigenvalue weighted by Gasteiger charge is -2.20. The van der Waals surface area contributed by atoms with Gasteiger partial charge in [0.05, 0.1) is 11.6 Å². The minimum atomic E-state index is -4.36. The zero-order chi connectivity index (χ0) is 15.9. The van der Waals surface area contributed by atoms with Crippen molar-refractivity contribution >= 4 is 11.6 Å². The van der Waals surface area contributed by atoms with E-state index in [1.54, 1.807) is 6.07 Å². The maximum absolute atomic E-state index is 13.4. The zero-order valence-electron chi connectivity index (χ0n) is 11.6. The lowest BCUT2D eigenvalue weighted by Crippen LogP contribution is -2.37. The molecule has 0 fully saturated rings. The molecule has 1 aromatic carbocycles. The third-order valence-corrected chi connectivity index (χ3v) is 3.19. The topological polar surface area (TPSA) is 21.3 Å². The second-order valence-corrected chi connectivity index (χ2v) is 5.08. The lowest BCUT2D eigenvalue weighted by atomic mass is 10.1. The molecular weight excluding hydrogens is 310 g/mol. The molecule has 2 nitrogen and oxygen atoms in total. The molecule has 0 bridgehead atoms. The number of hydrogen-bond donors (Lipinski definition) is 1. The summed E-state index contributed by atoms with van der Waals surface area (Å²) >= 11 is 5.85. The number of ether oxygens (including phenoxy) is 1. The van der Waals surface area contributed by atoms with Crippen LogP contribution in [0.5, 0.6) is 0 Å². The number of alkyl halides is 3. The van der Waals surface area contributed by atoms with Crippen molar-refractivity contribution in [1.82, 2.24) is 5.32 Å². The molecular formula is C14H18ClF4NO. The molecule has 0 amide bonds. The van der Waals surface area contributed by atoms with Crippen LogP contribution in [-0.4, -0.2) is 32.0 Å². The van der Waals surface area contributed by atoms with E-state index in [0.717, 1.165) is 6.42 Å². The number of hydrogen-bond acceptors (Lipinski definition) is 2. The smallest absolute Gasteiger partial charge is 0.370 e. The quantitative estimate of drug-likeness (QED) is 0.730. The Labute approximate surface area is 126 Å². The van der Waals surface area contributed by atoms with E-state index in [1.807, 2.05) is 6.92 Å². The van der Waals surface area contributed by atoms with E-state index in [0.29, 0.717) is 18.5 Å². The van der Waals surface area contributed by atoms with Crippen LogP contribution in [0.25, 0.3) is 0 Å².